The van der Waals surface area contributed by atoms with Crippen LogP contribution in [0.5, 0.6) is 0 Å². The number of carbonyl (C=O) groups excluding carboxylic acids is 4. The minimum absolute atomic E-state index is 0.000645. The molecule has 1 aromatic carbocycles. The van der Waals surface area contributed by atoms with Gasteiger partial charge in [0.15, 0.2) is 0 Å². The van der Waals surface area contributed by atoms with Crippen molar-refractivity contribution < 1.29 is 47.6 Å². The SMILES string of the molecule is CCCn1cc(-c2nc(NCCOCCOCCOCCOCCOCCOCCNC(=O)CNc3cccc4c3CN(C3CCC(=O)NC3=O)C4=O)nc3[nH]ccc23)cn1. The number of aromatic nitrogens is 5. The van der Waals surface area contributed by atoms with Gasteiger partial charge in [0, 0.05) is 72.8 Å². The third-order valence-electron chi connectivity index (χ3n) is 9.75. The van der Waals surface area contributed by atoms with E-state index in [1.54, 1.807) is 18.2 Å². The molecule has 1 atom stereocenters. The Morgan fingerprint density at radius 3 is 2.18 bits per heavy atom. The van der Waals surface area contributed by atoms with Crippen molar-refractivity contribution in [2.45, 2.75) is 45.3 Å². The Morgan fingerprint density at radius 1 is 0.836 bits per heavy atom. The minimum atomic E-state index is -0.701. The predicted octanol–water partition coefficient (Wildman–Crippen LogP) is 1.73. The fraction of sp³-hybridized carbons (Fsp3) is 0.537. The molecule has 2 aliphatic heterocycles. The first-order valence-corrected chi connectivity index (χ1v) is 20.8. The summed E-state index contributed by atoms with van der Waals surface area (Å²) in [5.74, 6) is -0.779. The van der Waals surface area contributed by atoms with Crippen molar-refractivity contribution in [3.63, 3.8) is 0 Å². The maximum atomic E-state index is 13.0. The molecule has 0 bridgehead atoms. The largest absolute Gasteiger partial charge is 0.377 e. The van der Waals surface area contributed by atoms with E-state index in [2.05, 4.69) is 43.3 Å². The summed E-state index contributed by atoms with van der Waals surface area (Å²) in [5.41, 5.74) is 4.38. The Balaban J connectivity index is 0.689. The van der Waals surface area contributed by atoms with Crippen molar-refractivity contribution >= 4 is 46.3 Å². The number of hydrogen-bond donors (Lipinski definition) is 5. The zero-order chi connectivity index (χ0) is 42.7. The van der Waals surface area contributed by atoms with Gasteiger partial charge >= 0.3 is 0 Å². The van der Waals surface area contributed by atoms with Gasteiger partial charge in [-0.05, 0) is 31.0 Å². The third-order valence-corrected chi connectivity index (χ3v) is 9.75. The highest BCUT2D eigenvalue weighted by molar-refractivity contribution is 6.06. The van der Waals surface area contributed by atoms with E-state index in [0.717, 1.165) is 35.3 Å². The summed E-state index contributed by atoms with van der Waals surface area (Å²) >= 11 is 0. The highest BCUT2D eigenvalue weighted by Gasteiger charge is 2.39. The van der Waals surface area contributed by atoms with E-state index in [1.165, 1.54) is 4.90 Å². The first kappa shape index (κ1) is 45.0. The maximum Gasteiger partial charge on any atom is 0.255 e. The van der Waals surface area contributed by atoms with Crippen LogP contribution in [0.1, 0.15) is 42.1 Å². The number of benzene rings is 1. The number of aryl methyl sites for hydroxylation is 1. The lowest BCUT2D eigenvalue weighted by Gasteiger charge is -2.29. The zero-order valence-corrected chi connectivity index (χ0v) is 34.6. The molecule has 5 heterocycles. The van der Waals surface area contributed by atoms with Gasteiger partial charge < -0.3 is 54.3 Å². The molecule has 6 rings (SSSR count). The molecule has 0 aliphatic carbocycles. The highest BCUT2D eigenvalue weighted by Crippen LogP contribution is 2.32. The number of nitrogens with zero attached hydrogens (tertiary/aromatic N) is 5. The Bertz CT molecular complexity index is 2040. The molecule has 20 heteroatoms. The number of amides is 4. The first-order valence-electron chi connectivity index (χ1n) is 20.8. The molecule has 5 N–H and O–H groups in total. The number of aromatic amines is 1. The second-order valence-corrected chi connectivity index (χ2v) is 14.2. The second kappa shape index (κ2) is 24.1. The fourth-order valence-corrected chi connectivity index (χ4v) is 6.77. The van der Waals surface area contributed by atoms with Crippen LogP contribution < -0.4 is 21.3 Å². The van der Waals surface area contributed by atoms with Crippen LogP contribution in [0.2, 0.25) is 0 Å². The number of carbonyl (C=O) groups is 4. The van der Waals surface area contributed by atoms with Crippen LogP contribution in [-0.2, 0) is 55.9 Å². The number of anilines is 2. The summed E-state index contributed by atoms with van der Waals surface area (Å²) in [6, 6.07) is 6.48. The minimum Gasteiger partial charge on any atom is -0.377 e. The summed E-state index contributed by atoms with van der Waals surface area (Å²) in [7, 11) is 0. The number of rotatable bonds is 29. The molecule has 1 saturated heterocycles. The number of H-pyrrole nitrogens is 1. The van der Waals surface area contributed by atoms with Crippen molar-refractivity contribution in [2.75, 3.05) is 110 Å². The average molecular weight is 849 g/mol. The van der Waals surface area contributed by atoms with E-state index in [-0.39, 0.29) is 43.7 Å². The predicted molar refractivity (Wildman–Crippen MR) is 223 cm³/mol. The van der Waals surface area contributed by atoms with Crippen LogP contribution in [-0.4, -0.2) is 158 Å². The summed E-state index contributed by atoms with van der Waals surface area (Å²) < 4.78 is 35.3. The fourth-order valence-electron chi connectivity index (χ4n) is 6.77. The lowest BCUT2D eigenvalue weighted by molar-refractivity contribution is -0.137. The van der Waals surface area contributed by atoms with Gasteiger partial charge in [0.2, 0.25) is 23.7 Å². The smallest absolute Gasteiger partial charge is 0.255 e. The van der Waals surface area contributed by atoms with Crippen molar-refractivity contribution in [1.29, 1.82) is 0 Å². The van der Waals surface area contributed by atoms with Crippen LogP contribution in [0, 0.1) is 0 Å². The van der Waals surface area contributed by atoms with Crippen molar-refractivity contribution in [3.8, 4) is 11.3 Å². The molecule has 4 aromatic rings. The van der Waals surface area contributed by atoms with Gasteiger partial charge in [-0.2, -0.15) is 10.1 Å². The van der Waals surface area contributed by atoms with Gasteiger partial charge in [-0.15, -0.1) is 0 Å². The summed E-state index contributed by atoms with van der Waals surface area (Å²) in [5, 5.41) is 16.8. The van der Waals surface area contributed by atoms with Crippen molar-refractivity contribution in [1.82, 2.24) is 40.3 Å². The molecule has 2 aliphatic rings. The topological polar surface area (TPSA) is 234 Å². The van der Waals surface area contributed by atoms with Crippen molar-refractivity contribution in [3.05, 3.63) is 54.0 Å². The molecular formula is C41H56N10O10. The van der Waals surface area contributed by atoms with E-state index in [4.69, 9.17) is 33.4 Å². The first-order chi connectivity index (χ1) is 29.9. The van der Waals surface area contributed by atoms with E-state index in [1.807, 2.05) is 29.3 Å². The number of nitrogens with one attached hydrogen (secondary N) is 5. The number of fused-ring (bicyclic) bond motifs is 2. The Kier molecular flexibility index (Phi) is 17.8. The zero-order valence-electron chi connectivity index (χ0n) is 34.6. The Hall–Kier alpha value is -5.51. The Morgan fingerprint density at radius 2 is 1.51 bits per heavy atom. The molecule has 1 unspecified atom stereocenters. The molecule has 0 saturated carbocycles. The second-order valence-electron chi connectivity index (χ2n) is 14.2. The van der Waals surface area contributed by atoms with E-state index in [0.29, 0.717) is 115 Å². The van der Waals surface area contributed by atoms with Crippen LogP contribution in [0.4, 0.5) is 11.6 Å². The van der Waals surface area contributed by atoms with Gasteiger partial charge in [-0.1, -0.05) is 13.0 Å². The standard InChI is InChI=1S/C41H56N10O10/c1-2-12-50-27-29(25-46-50)37-31-8-9-43-38(31)49-41(48-37)44-11-14-57-16-18-59-20-22-61-24-23-60-21-19-58-17-15-56-13-10-42-36(53)26-45-33-5-3-4-30-32(33)28-51(40(30)55)34-6-7-35(52)47-39(34)54/h3-5,8-9,25,27,34,45H,2,6-7,10-24,26,28H2,1H3,(H,42,53)(H,47,52,54)(H2,43,44,48,49). The van der Waals surface area contributed by atoms with E-state index >= 15 is 0 Å². The quantitative estimate of drug-likeness (QED) is 0.0387. The van der Waals surface area contributed by atoms with Crippen LogP contribution >= 0.6 is 0 Å². The monoisotopic (exact) mass is 848 g/mol. The highest BCUT2D eigenvalue weighted by atomic mass is 16.6. The molecule has 0 spiro atoms. The normalized spacial score (nSPS) is 15.1. The molecule has 3 aromatic heterocycles. The molecule has 61 heavy (non-hydrogen) atoms. The average Bonchev–Trinajstić information content (AvgIpc) is 4.01. The molecule has 0 radical (unpaired) electrons. The van der Waals surface area contributed by atoms with Gasteiger partial charge in [-0.25, -0.2) is 4.98 Å². The van der Waals surface area contributed by atoms with Crippen LogP contribution in [0.25, 0.3) is 22.3 Å². The van der Waals surface area contributed by atoms with E-state index < -0.39 is 11.9 Å². The molecule has 20 nitrogen and oxygen atoms in total. The molecule has 330 valence electrons. The summed E-state index contributed by atoms with van der Waals surface area (Å²) in [6.07, 6.45) is 7.17. The number of hydrogen-bond acceptors (Lipinski definition) is 15. The van der Waals surface area contributed by atoms with Gasteiger partial charge in [0.05, 0.1) is 97.7 Å². The number of piperidine rings is 1. The number of ether oxygens (including phenoxy) is 6. The summed E-state index contributed by atoms with van der Waals surface area (Å²) in [4.78, 5) is 63.2. The van der Waals surface area contributed by atoms with E-state index in [9.17, 15) is 19.2 Å². The lowest BCUT2D eigenvalue weighted by Crippen LogP contribution is -2.52. The van der Waals surface area contributed by atoms with Gasteiger partial charge in [-0.3, -0.25) is 29.2 Å². The van der Waals surface area contributed by atoms with Crippen LogP contribution in [0.3, 0.4) is 0 Å². The Labute approximate surface area is 353 Å². The third kappa shape index (κ3) is 13.5. The molecular weight excluding hydrogens is 793 g/mol. The molecule has 4 amide bonds. The van der Waals surface area contributed by atoms with Gasteiger partial charge in [0.25, 0.3) is 5.91 Å². The maximum absolute atomic E-state index is 13.0. The summed E-state index contributed by atoms with van der Waals surface area (Å²) in [6.45, 7) is 9.23. The lowest BCUT2D eigenvalue weighted by atomic mass is 10.0. The van der Waals surface area contributed by atoms with Crippen LogP contribution in [0.15, 0.2) is 42.9 Å². The number of imide groups is 1. The van der Waals surface area contributed by atoms with Gasteiger partial charge in [0.1, 0.15) is 11.7 Å². The molecule has 1 fully saturated rings. The van der Waals surface area contributed by atoms with Crippen molar-refractivity contribution in [2.24, 2.45) is 0 Å².